The van der Waals surface area contributed by atoms with Crippen LogP contribution in [0.15, 0.2) is 0 Å². The molecule has 2 heterocycles. The van der Waals surface area contributed by atoms with Crippen LogP contribution in [0.1, 0.15) is 26.7 Å². The summed E-state index contributed by atoms with van der Waals surface area (Å²) in [5.41, 5.74) is 0. The van der Waals surface area contributed by atoms with Gasteiger partial charge in [0.25, 0.3) is 0 Å². The van der Waals surface area contributed by atoms with Crippen LogP contribution in [0.3, 0.4) is 0 Å². The van der Waals surface area contributed by atoms with Crippen molar-refractivity contribution in [2.24, 2.45) is 5.92 Å². The van der Waals surface area contributed by atoms with Gasteiger partial charge in [-0.25, -0.2) is 0 Å². The second kappa shape index (κ2) is 10.3. The second-order valence-electron chi connectivity index (χ2n) is 7.78. The molecule has 2 N–H and O–H groups in total. The highest BCUT2D eigenvalue weighted by atomic mass is 16.2. The maximum Gasteiger partial charge on any atom is 0.234 e. The maximum atomic E-state index is 12.0. The van der Waals surface area contributed by atoms with E-state index in [0.29, 0.717) is 19.1 Å². The summed E-state index contributed by atoms with van der Waals surface area (Å²) >= 11 is 0. The van der Waals surface area contributed by atoms with Crippen LogP contribution in [-0.2, 0) is 4.79 Å². The molecule has 6 heteroatoms. The van der Waals surface area contributed by atoms with E-state index in [-0.39, 0.29) is 5.91 Å². The molecule has 0 spiro atoms. The third-order valence-corrected chi connectivity index (χ3v) is 5.19. The molecule has 1 amide bonds. The van der Waals surface area contributed by atoms with Crippen molar-refractivity contribution in [3.63, 3.8) is 0 Å². The van der Waals surface area contributed by atoms with Gasteiger partial charge in [0.2, 0.25) is 5.91 Å². The van der Waals surface area contributed by atoms with Gasteiger partial charge in [-0.15, -0.1) is 0 Å². The van der Waals surface area contributed by atoms with E-state index < -0.39 is 0 Å². The normalized spacial score (nSPS) is 22.2. The predicted octanol–water partition coefficient (Wildman–Crippen LogP) is 0.0600. The molecule has 2 aliphatic rings. The van der Waals surface area contributed by atoms with Gasteiger partial charge in [0.1, 0.15) is 0 Å². The van der Waals surface area contributed by atoms with Gasteiger partial charge in [-0.05, 0) is 38.9 Å². The molecule has 0 aromatic carbocycles. The number of nitrogens with zero attached hydrogens (tertiary/aromatic N) is 3. The van der Waals surface area contributed by atoms with E-state index in [1.807, 2.05) is 0 Å². The number of rotatable bonds is 8. The van der Waals surface area contributed by atoms with Crippen LogP contribution >= 0.6 is 0 Å². The maximum absolute atomic E-state index is 12.0. The summed E-state index contributed by atoms with van der Waals surface area (Å²) in [6.45, 7) is 14.3. The zero-order chi connectivity index (χ0) is 17.4. The van der Waals surface area contributed by atoms with Crippen molar-refractivity contribution in [1.29, 1.82) is 0 Å². The molecule has 0 bridgehead atoms. The number of hydrogen-bond acceptors (Lipinski definition) is 5. The molecule has 2 rings (SSSR count). The molecule has 2 saturated heterocycles. The Labute approximate surface area is 147 Å². The number of likely N-dealkylation sites (tertiary alicyclic amines) is 1. The fraction of sp³-hybridized carbons (Fsp3) is 0.944. The average Bonchev–Trinajstić information content (AvgIpc) is 2.55. The van der Waals surface area contributed by atoms with E-state index in [9.17, 15) is 4.79 Å². The van der Waals surface area contributed by atoms with Gasteiger partial charge in [-0.3, -0.25) is 9.69 Å². The highest BCUT2D eigenvalue weighted by Gasteiger charge is 2.23. The smallest absolute Gasteiger partial charge is 0.234 e. The number of carbonyl (C=O) groups is 1. The molecule has 140 valence electrons. The van der Waals surface area contributed by atoms with Crippen LogP contribution in [-0.4, -0.2) is 99.1 Å². The van der Waals surface area contributed by atoms with Crippen LogP contribution in [0.4, 0.5) is 0 Å². The lowest BCUT2D eigenvalue weighted by Gasteiger charge is -2.38. The molecule has 0 aromatic rings. The topological polar surface area (TPSA) is 50.9 Å². The number of nitrogens with one attached hydrogen (secondary N) is 2. The Bertz CT molecular complexity index is 360. The Morgan fingerprint density at radius 1 is 1.00 bits per heavy atom. The van der Waals surface area contributed by atoms with E-state index in [4.69, 9.17) is 0 Å². The fourth-order valence-electron chi connectivity index (χ4n) is 3.56. The zero-order valence-corrected chi connectivity index (χ0v) is 15.9. The summed E-state index contributed by atoms with van der Waals surface area (Å²) in [5, 5.41) is 6.32. The summed E-state index contributed by atoms with van der Waals surface area (Å²) in [6.07, 6.45) is 2.67. The van der Waals surface area contributed by atoms with Gasteiger partial charge in [-0.1, -0.05) is 13.8 Å². The lowest BCUT2D eigenvalue weighted by atomic mass is 9.96. The molecule has 2 fully saturated rings. The van der Waals surface area contributed by atoms with Crippen LogP contribution in [0.25, 0.3) is 0 Å². The van der Waals surface area contributed by atoms with E-state index in [2.05, 4.69) is 46.2 Å². The van der Waals surface area contributed by atoms with Crippen molar-refractivity contribution < 1.29 is 4.79 Å². The first-order valence-corrected chi connectivity index (χ1v) is 9.66. The predicted molar refractivity (Wildman–Crippen MR) is 99.2 cm³/mol. The minimum absolute atomic E-state index is 0.157. The molecule has 0 aromatic heterocycles. The molecular weight excluding hydrogens is 302 g/mol. The molecule has 2 aliphatic heterocycles. The highest BCUT2D eigenvalue weighted by molar-refractivity contribution is 5.78. The Hall–Kier alpha value is -0.690. The van der Waals surface area contributed by atoms with Crippen molar-refractivity contribution in [2.45, 2.75) is 32.7 Å². The third-order valence-electron chi connectivity index (χ3n) is 5.19. The Balaban J connectivity index is 1.54. The zero-order valence-electron chi connectivity index (χ0n) is 15.9. The summed E-state index contributed by atoms with van der Waals surface area (Å²) < 4.78 is 0. The summed E-state index contributed by atoms with van der Waals surface area (Å²) in [6, 6.07) is 0.472. The third kappa shape index (κ3) is 7.47. The number of amides is 1. The van der Waals surface area contributed by atoms with E-state index in [1.165, 1.54) is 32.5 Å². The van der Waals surface area contributed by atoms with Gasteiger partial charge in [-0.2, -0.15) is 0 Å². The standard InChI is InChI=1S/C18H37N5O/c1-16(2)19-6-7-20-18(24)15-23-12-10-22(11-13-23)14-17-4-8-21(3)9-5-17/h16-17,19H,4-15H2,1-3H3,(H,20,24). The molecule has 24 heavy (non-hydrogen) atoms. The molecule has 0 radical (unpaired) electrons. The minimum Gasteiger partial charge on any atom is -0.354 e. The van der Waals surface area contributed by atoms with Crippen molar-refractivity contribution in [1.82, 2.24) is 25.3 Å². The minimum atomic E-state index is 0.157. The largest absolute Gasteiger partial charge is 0.354 e. The molecule has 0 unspecified atom stereocenters. The lowest BCUT2D eigenvalue weighted by Crippen LogP contribution is -2.51. The van der Waals surface area contributed by atoms with Crippen molar-refractivity contribution in [3.05, 3.63) is 0 Å². The lowest BCUT2D eigenvalue weighted by molar-refractivity contribution is -0.122. The van der Waals surface area contributed by atoms with E-state index in [1.54, 1.807) is 0 Å². The van der Waals surface area contributed by atoms with Gasteiger partial charge >= 0.3 is 0 Å². The first kappa shape index (κ1) is 19.6. The fourth-order valence-corrected chi connectivity index (χ4v) is 3.56. The quantitative estimate of drug-likeness (QED) is 0.613. The second-order valence-corrected chi connectivity index (χ2v) is 7.78. The number of piperidine rings is 1. The van der Waals surface area contributed by atoms with Gasteiger partial charge in [0.05, 0.1) is 6.54 Å². The van der Waals surface area contributed by atoms with Crippen molar-refractivity contribution in [2.75, 3.05) is 72.5 Å². The van der Waals surface area contributed by atoms with Crippen molar-refractivity contribution in [3.8, 4) is 0 Å². The first-order chi connectivity index (χ1) is 11.5. The van der Waals surface area contributed by atoms with Gasteiger partial charge in [0, 0.05) is 51.9 Å². The SMILES string of the molecule is CC(C)NCCNC(=O)CN1CCN(CC2CCN(C)CC2)CC1. The Kier molecular flexibility index (Phi) is 8.45. The Morgan fingerprint density at radius 2 is 1.62 bits per heavy atom. The van der Waals surface area contributed by atoms with Crippen LogP contribution in [0.5, 0.6) is 0 Å². The van der Waals surface area contributed by atoms with Crippen LogP contribution in [0, 0.1) is 5.92 Å². The van der Waals surface area contributed by atoms with Gasteiger partial charge < -0.3 is 20.4 Å². The van der Waals surface area contributed by atoms with Crippen LogP contribution in [0.2, 0.25) is 0 Å². The molecule has 0 aliphatic carbocycles. The molecule has 6 nitrogen and oxygen atoms in total. The summed E-state index contributed by atoms with van der Waals surface area (Å²) in [4.78, 5) is 19.3. The van der Waals surface area contributed by atoms with Crippen molar-refractivity contribution >= 4 is 5.91 Å². The molecule has 0 atom stereocenters. The number of hydrogen-bond donors (Lipinski definition) is 2. The monoisotopic (exact) mass is 339 g/mol. The van der Waals surface area contributed by atoms with E-state index in [0.717, 1.165) is 38.6 Å². The molecular formula is C18H37N5O. The highest BCUT2D eigenvalue weighted by Crippen LogP contribution is 2.18. The summed E-state index contributed by atoms with van der Waals surface area (Å²) in [7, 11) is 2.22. The number of piperazine rings is 1. The molecule has 0 saturated carbocycles. The van der Waals surface area contributed by atoms with Gasteiger partial charge in [0.15, 0.2) is 0 Å². The van der Waals surface area contributed by atoms with E-state index >= 15 is 0 Å². The Morgan fingerprint density at radius 3 is 2.25 bits per heavy atom. The average molecular weight is 340 g/mol. The van der Waals surface area contributed by atoms with Crippen LogP contribution < -0.4 is 10.6 Å². The number of carbonyl (C=O) groups excluding carboxylic acids is 1. The first-order valence-electron chi connectivity index (χ1n) is 9.66. The summed E-state index contributed by atoms with van der Waals surface area (Å²) in [5.74, 6) is 1.02.